The first-order chi connectivity index (χ1) is 8.31. The molecule has 0 aliphatic carbocycles. The number of anilines is 1. The lowest BCUT2D eigenvalue weighted by atomic mass is 10.1. The minimum atomic E-state index is 0.173. The monoisotopic (exact) mass is 233 g/mol. The third kappa shape index (κ3) is 2.97. The fourth-order valence-electron chi connectivity index (χ4n) is 1.88. The van der Waals surface area contributed by atoms with Gasteiger partial charge in [0, 0.05) is 37.9 Å². The Balaban J connectivity index is 2.09. The van der Waals surface area contributed by atoms with E-state index < -0.39 is 0 Å². The van der Waals surface area contributed by atoms with Gasteiger partial charge in [-0.25, -0.2) is 0 Å². The van der Waals surface area contributed by atoms with Gasteiger partial charge >= 0.3 is 0 Å². The van der Waals surface area contributed by atoms with Gasteiger partial charge in [-0.1, -0.05) is 0 Å². The van der Waals surface area contributed by atoms with E-state index in [0.29, 0.717) is 6.54 Å². The second-order valence-electron chi connectivity index (χ2n) is 4.20. The van der Waals surface area contributed by atoms with Crippen molar-refractivity contribution in [2.24, 2.45) is 4.99 Å². The van der Waals surface area contributed by atoms with E-state index in [-0.39, 0.29) is 6.61 Å². The van der Waals surface area contributed by atoms with E-state index in [0.717, 1.165) is 36.6 Å². The van der Waals surface area contributed by atoms with E-state index in [1.54, 1.807) is 0 Å². The Labute approximate surface area is 102 Å². The molecule has 0 bridgehead atoms. The number of nitrogens with zero attached hydrogens (tertiary/aromatic N) is 2. The molecule has 2 rings (SSSR count). The van der Waals surface area contributed by atoms with Crippen LogP contribution in [-0.4, -0.2) is 44.2 Å². The lowest BCUT2D eigenvalue weighted by molar-refractivity contribution is 0.304. The third-order valence-electron chi connectivity index (χ3n) is 2.91. The highest BCUT2D eigenvalue weighted by molar-refractivity contribution is 5.99. The van der Waals surface area contributed by atoms with Gasteiger partial charge in [-0.15, -0.1) is 0 Å². The van der Waals surface area contributed by atoms with Gasteiger partial charge in [0.2, 0.25) is 0 Å². The molecule has 0 radical (unpaired) electrons. The Bertz CT molecular complexity index is 386. The summed E-state index contributed by atoms with van der Waals surface area (Å²) >= 11 is 0. The number of hydrogen-bond acceptors (Lipinski definition) is 4. The van der Waals surface area contributed by atoms with Crippen molar-refractivity contribution in [2.75, 3.05) is 38.2 Å². The highest BCUT2D eigenvalue weighted by atomic mass is 16.3. The molecule has 0 atom stereocenters. The summed E-state index contributed by atoms with van der Waals surface area (Å²) in [4.78, 5) is 6.49. The molecule has 1 heterocycles. The van der Waals surface area contributed by atoms with Crippen molar-refractivity contribution in [1.29, 1.82) is 0 Å². The summed E-state index contributed by atoms with van der Waals surface area (Å²) in [6.07, 6.45) is 1.11. The van der Waals surface area contributed by atoms with Gasteiger partial charge in [0.25, 0.3) is 0 Å². The average molecular weight is 233 g/mol. The minimum absolute atomic E-state index is 0.173. The van der Waals surface area contributed by atoms with Gasteiger partial charge < -0.3 is 15.3 Å². The van der Waals surface area contributed by atoms with Crippen molar-refractivity contribution < 1.29 is 5.11 Å². The molecular formula is C13H19N3O. The van der Waals surface area contributed by atoms with E-state index in [4.69, 9.17) is 5.11 Å². The third-order valence-corrected chi connectivity index (χ3v) is 2.91. The van der Waals surface area contributed by atoms with Crippen molar-refractivity contribution >= 4 is 11.5 Å². The first-order valence-corrected chi connectivity index (χ1v) is 6.02. The Kier molecular flexibility index (Phi) is 3.98. The number of nitrogens with one attached hydrogen (secondary N) is 1. The molecule has 0 saturated carbocycles. The lowest BCUT2D eigenvalue weighted by Crippen LogP contribution is -2.30. The zero-order valence-corrected chi connectivity index (χ0v) is 10.2. The predicted molar refractivity (Wildman–Crippen MR) is 70.8 cm³/mol. The molecule has 92 valence electrons. The van der Waals surface area contributed by atoms with Crippen LogP contribution >= 0.6 is 0 Å². The number of likely N-dealkylation sites (N-methyl/N-ethyl adjacent to an activating group) is 1. The lowest BCUT2D eigenvalue weighted by Gasteiger charge is -2.19. The standard InChI is InChI=1S/C13H19N3O/c1-16(9-10-17)12-5-3-11(4-6-12)13-14-7-2-8-15-13/h3-6,17H,2,7-10H2,1H3,(H,14,15). The maximum atomic E-state index is 8.89. The zero-order valence-electron chi connectivity index (χ0n) is 10.2. The Hall–Kier alpha value is -1.55. The Morgan fingerprint density at radius 2 is 2.12 bits per heavy atom. The van der Waals surface area contributed by atoms with Crippen LogP contribution in [0.3, 0.4) is 0 Å². The van der Waals surface area contributed by atoms with Gasteiger partial charge in [0.1, 0.15) is 5.84 Å². The van der Waals surface area contributed by atoms with Crippen LogP contribution in [0.2, 0.25) is 0 Å². The Morgan fingerprint density at radius 1 is 1.35 bits per heavy atom. The van der Waals surface area contributed by atoms with Crippen molar-refractivity contribution in [2.45, 2.75) is 6.42 Å². The van der Waals surface area contributed by atoms with Crippen LogP contribution in [0.1, 0.15) is 12.0 Å². The van der Waals surface area contributed by atoms with Gasteiger partial charge in [-0.05, 0) is 30.7 Å². The topological polar surface area (TPSA) is 47.9 Å². The Morgan fingerprint density at radius 3 is 2.71 bits per heavy atom. The summed E-state index contributed by atoms with van der Waals surface area (Å²) in [6, 6.07) is 8.26. The number of amidine groups is 1. The SMILES string of the molecule is CN(CCO)c1ccc(C2=NCCCN2)cc1. The van der Waals surface area contributed by atoms with E-state index in [2.05, 4.69) is 34.6 Å². The van der Waals surface area contributed by atoms with Gasteiger partial charge in [0.05, 0.1) is 6.61 Å². The summed E-state index contributed by atoms with van der Waals surface area (Å²) in [5.41, 5.74) is 2.24. The van der Waals surface area contributed by atoms with E-state index in [9.17, 15) is 0 Å². The molecule has 1 aliphatic heterocycles. The molecule has 1 aromatic rings. The van der Waals surface area contributed by atoms with Crippen LogP contribution in [-0.2, 0) is 0 Å². The molecule has 0 unspecified atom stereocenters. The maximum absolute atomic E-state index is 8.89. The van der Waals surface area contributed by atoms with Crippen molar-refractivity contribution in [3.8, 4) is 0 Å². The molecule has 1 aliphatic rings. The zero-order chi connectivity index (χ0) is 12.1. The van der Waals surface area contributed by atoms with Crippen LogP contribution in [0.15, 0.2) is 29.3 Å². The number of aliphatic hydroxyl groups is 1. The maximum Gasteiger partial charge on any atom is 0.128 e. The normalized spacial score (nSPS) is 15.1. The van der Waals surface area contributed by atoms with Crippen LogP contribution in [0.5, 0.6) is 0 Å². The highest BCUT2D eigenvalue weighted by Gasteiger charge is 2.07. The summed E-state index contributed by atoms with van der Waals surface area (Å²) in [5.74, 6) is 0.993. The molecule has 0 amide bonds. The van der Waals surface area contributed by atoms with Gasteiger partial charge in [0.15, 0.2) is 0 Å². The molecule has 1 aromatic carbocycles. The molecule has 0 saturated heterocycles. The summed E-state index contributed by atoms with van der Waals surface area (Å²) in [6.45, 7) is 2.74. The molecule has 17 heavy (non-hydrogen) atoms. The molecule has 0 aromatic heterocycles. The van der Waals surface area contributed by atoms with Gasteiger partial charge in [-0.2, -0.15) is 0 Å². The smallest absolute Gasteiger partial charge is 0.128 e. The second-order valence-corrected chi connectivity index (χ2v) is 4.20. The molecule has 2 N–H and O–H groups in total. The first-order valence-electron chi connectivity index (χ1n) is 6.02. The van der Waals surface area contributed by atoms with Crippen molar-refractivity contribution in [3.05, 3.63) is 29.8 Å². The van der Waals surface area contributed by atoms with Gasteiger partial charge in [-0.3, -0.25) is 4.99 Å². The van der Waals surface area contributed by atoms with Crippen molar-refractivity contribution in [1.82, 2.24) is 5.32 Å². The number of rotatable bonds is 4. The van der Waals surface area contributed by atoms with Crippen LogP contribution in [0, 0.1) is 0 Å². The average Bonchev–Trinajstić information content (AvgIpc) is 2.40. The summed E-state index contributed by atoms with van der Waals surface area (Å²) in [5, 5.41) is 12.2. The fraction of sp³-hybridized carbons (Fsp3) is 0.462. The minimum Gasteiger partial charge on any atom is -0.395 e. The fourth-order valence-corrected chi connectivity index (χ4v) is 1.88. The molecule has 4 heteroatoms. The largest absolute Gasteiger partial charge is 0.395 e. The highest BCUT2D eigenvalue weighted by Crippen LogP contribution is 2.14. The van der Waals surface area contributed by atoms with Crippen LogP contribution < -0.4 is 10.2 Å². The molecule has 0 fully saturated rings. The summed E-state index contributed by atoms with van der Waals surface area (Å²) in [7, 11) is 1.97. The first kappa shape index (κ1) is 11.9. The van der Waals surface area contributed by atoms with E-state index in [1.807, 2.05) is 11.9 Å². The molecule has 0 spiro atoms. The number of aliphatic imine (C=N–C) groups is 1. The van der Waals surface area contributed by atoms with Crippen LogP contribution in [0.25, 0.3) is 0 Å². The summed E-state index contributed by atoms with van der Waals surface area (Å²) < 4.78 is 0. The molecular weight excluding hydrogens is 214 g/mol. The number of benzene rings is 1. The quantitative estimate of drug-likeness (QED) is 0.810. The van der Waals surface area contributed by atoms with Crippen LogP contribution in [0.4, 0.5) is 5.69 Å². The number of aliphatic hydroxyl groups excluding tert-OH is 1. The van der Waals surface area contributed by atoms with E-state index >= 15 is 0 Å². The number of hydrogen-bond donors (Lipinski definition) is 2. The second kappa shape index (κ2) is 5.68. The van der Waals surface area contributed by atoms with E-state index in [1.165, 1.54) is 0 Å². The molecule has 4 nitrogen and oxygen atoms in total. The van der Waals surface area contributed by atoms with Crippen molar-refractivity contribution in [3.63, 3.8) is 0 Å². The predicted octanol–water partition coefficient (Wildman–Crippen LogP) is 0.855.